The van der Waals surface area contributed by atoms with Crippen molar-refractivity contribution in [3.8, 4) is 0 Å². The summed E-state index contributed by atoms with van der Waals surface area (Å²) in [5.41, 5.74) is 0. The zero-order chi connectivity index (χ0) is 14.2. The quantitative estimate of drug-likeness (QED) is 0.793. The second kappa shape index (κ2) is 4.82. The standard InChI is InChI=1S/C11H14F3N3O2/c1-3-11(13,14)7-5-6(12)9-15-8(16-17(7)9)10(18)19-4-2/h6-7H,3-5H2,1-2H3. The van der Waals surface area contributed by atoms with Crippen LogP contribution in [0.5, 0.6) is 0 Å². The molecule has 106 valence electrons. The van der Waals surface area contributed by atoms with Gasteiger partial charge in [-0.2, -0.15) is 0 Å². The van der Waals surface area contributed by atoms with Gasteiger partial charge >= 0.3 is 5.97 Å². The highest BCUT2D eigenvalue weighted by atomic mass is 19.3. The maximum absolute atomic E-state index is 13.7. The van der Waals surface area contributed by atoms with E-state index in [9.17, 15) is 18.0 Å². The van der Waals surface area contributed by atoms with Crippen LogP contribution in [0.4, 0.5) is 13.2 Å². The zero-order valence-corrected chi connectivity index (χ0v) is 10.6. The predicted octanol–water partition coefficient (Wildman–Crippen LogP) is 2.46. The Morgan fingerprint density at radius 1 is 1.53 bits per heavy atom. The fraction of sp³-hybridized carbons (Fsp3) is 0.727. The van der Waals surface area contributed by atoms with Gasteiger partial charge in [0, 0.05) is 12.8 Å². The second-order valence-corrected chi connectivity index (χ2v) is 4.29. The number of aromatic nitrogens is 3. The fourth-order valence-electron chi connectivity index (χ4n) is 2.05. The van der Waals surface area contributed by atoms with Crippen molar-refractivity contribution in [3.63, 3.8) is 0 Å². The number of alkyl halides is 3. The monoisotopic (exact) mass is 277 g/mol. The molecule has 8 heteroatoms. The zero-order valence-electron chi connectivity index (χ0n) is 10.6. The summed E-state index contributed by atoms with van der Waals surface area (Å²) in [6.45, 7) is 3.01. The minimum Gasteiger partial charge on any atom is -0.460 e. The van der Waals surface area contributed by atoms with Crippen molar-refractivity contribution >= 4 is 5.97 Å². The van der Waals surface area contributed by atoms with Gasteiger partial charge in [-0.05, 0) is 6.92 Å². The summed E-state index contributed by atoms with van der Waals surface area (Å²) in [6.07, 6.45) is -2.45. The number of carbonyl (C=O) groups is 1. The molecule has 1 aromatic rings. The Bertz CT molecular complexity index is 490. The highest BCUT2D eigenvalue weighted by molar-refractivity contribution is 5.85. The van der Waals surface area contributed by atoms with E-state index in [4.69, 9.17) is 0 Å². The van der Waals surface area contributed by atoms with Crippen LogP contribution < -0.4 is 0 Å². The number of halogens is 3. The lowest BCUT2D eigenvalue weighted by Crippen LogP contribution is -2.29. The number of fused-ring (bicyclic) bond motifs is 1. The van der Waals surface area contributed by atoms with Crippen molar-refractivity contribution < 1.29 is 22.7 Å². The highest BCUT2D eigenvalue weighted by Gasteiger charge is 2.48. The molecular weight excluding hydrogens is 263 g/mol. The van der Waals surface area contributed by atoms with Crippen LogP contribution in [0.15, 0.2) is 0 Å². The average Bonchev–Trinajstić information content (AvgIpc) is 2.91. The van der Waals surface area contributed by atoms with Gasteiger partial charge in [-0.3, -0.25) is 0 Å². The molecule has 2 unspecified atom stereocenters. The smallest absolute Gasteiger partial charge is 0.378 e. The molecule has 5 nitrogen and oxygen atoms in total. The lowest BCUT2D eigenvalue weighted by Gasteiger charge is -2.21. The van der Waals surface area contributed by atoms with Gasteiger partial charge in [0.05, 0.1) is 6.61 Å². The number of ether oxygens (including phenoxy) is 1. The van der Waals surface area contributed by atoms with Crippen LogP contribution >= 0.6 is 0 Å². The van der Waals surface area contributed by atoms with Gasteiger partial charge in [0.25, 0.3) is 11.7 Å². The topological polar surface area (TPSA) is 57.0 Å². The van der Waals surface area contributed by atoms with Gasteiger partial charge in [-0.15, -0.1) is 5.10 Å². The first-order valence-electron chi connectivity index (χ1n) is 6.06. The molecule has 0 amide bonds. The average molecular weight is 277 g/mol. The molecule has 0 saturated carbocycles. The maximum atomic E-state index is 13.7. The Kier molecular flexibility index (Phi) is 3.51. The third kappa shape index (κ3) is 2.31. The number of hydrogen-bond acceptors (Lipinski definition) is 4. The molecule has 19 heavy (non-hydrogen) atoms. The molecule has 0 spiro atoms. The van der Waals surface area contributed by atoms with Gasteiger partial charge in [-0.25, -0.2) is 27.6 Å². The number of esters is 1. The van der Waals surface area contributed by atoms with Crippen LogP contribution in [0.25, 0.3) is 0 Å². The van der Waals surface area contributed by atoms with Crippen LogP contribution in [0, 0.1) is 0 Å². The Hall–Kier alpha value is -1.60. The summed E-state index contributed by atoms with van der Waals surface area (Å²) >= 11 is 0. The molecule has 1 aliphatic rings. The largest absolute Gasteiger partial charge is 0.460 e. The highest BCUT2D eigenvalue weighted by Crippen LogP contribution is 2.45. The molecular formula is C11H14F3N3O2. The van der Waals surface area contributed by atoms with Crippen molar-refractivity contribution in [1.29, 1.82) is 0 Å². The molecule has 0 saturated heterocycles. The summed E-state index contributed by atoms with van der Waals surface area (Å²) in [5.74, 6) is -4.54. The number of nitrogens with zero attached hydrogens (tertiary/aromatic N) is 3. The van der Waals surface area contributed by atoms with E-state index in [2.05, 4.69) is 14.8 Å². The third-order valence-corrected chi connectivity index (χ3v) is 3.08. The number of carbonyl (C=O) groups excluding carboxylic acids is 1. The lowest BCUT2D eigenvalue weighted by molar-refractivity contribution is -0.0585. The van der Waals surface area contributed by atoms with Crippen molar-refractivity contribution in [2.24, 2.45) is 0 Å². The number of hydrogen-bond donors (Lipinski definition) is 0. The van der Waals surface area contributed by atoms with E-state index in [-0.39, 0.29) is 24.7 Å². The molecule has 2 rings (SSSR count). The minimum absolute atomic E-state index is 0.107. The molecule has 0 fully saturated rings. The van der Waals surface area contributed by atoms with Gasteiger partial charge in [0.2, 0.25) is 0 Å². The first-order chi connectivity index (χ1) is 8.90. The Morgan fingerprint density at radius 2 is 2.21 bits per heavy atom. The molecule has 2 heterocycles. The van der Waals surface area contributed by atoms with E-state index in [0.717, 1.165) is 4.68 Å². The van der Waals surface area contributed by atoms with Crippen LogP contribution in [-0.4, -0.2) is 33.3 Å². The van der Waals surface area contributed by atoms with Crippen molar-refractivity contribution in [3.05, 3.63) is 11.6 Å². The first kappa shape index (κ1) is 13.8. The number of rotatable bonds is 4. The predicted molar refractivity (Wildman–Crippen MR) is 58.7 cm³/mol. The normalized spacial score (nSPS) is 22.4. The van der Waals surface area contributed by atoms with E-state index in [1.54, 1.807) is 6.92 Å². The van der Waals surface area contributed by atoms with Crippen LogP contribution in [-0.2, 0) is 4.74 Å². The molecule has 1 aromatic heterocycles. The van der Waals surface area contributed by atoms with Crippen molar-refractivity contribution in [2.45, 2.75) is 44.8 Å². The SMILES string of the molecule is CCOC(=O)c1nc2n(n1)C(C(F)(F)CC)CC2F. The molecule has 1 aliphatic heterocycles. The van der Waals surface area contributed by atoms with E-state index in [1.807, 2.05) is 0 Å². The van der Waals surface area contributed by atoms with E-state index < -0.39 is 30.5 Å². The molecule has 0 aliphatic carbocycles. The second-order valence-electron chi connectivity index (χ2n) is 4.29. The molecule has 0 bridgehead atoms. The van der Waals surface area contributed by atoms with Crippen LogP contribution in [0.3, 0.4) is 0 Å². The molecule has 2 atom stereocenters. The molecule has 0 radical (unpaired) electrons. The summed E-state index contributed by atoms with van der Waals surface area (Å²) < 4.78 is 46.6. The van der Waals surface area contributed by atoms with Gasteiger partial charge in [0.15, 0.2) is 12.0 Å². The van der Waals surface area contributed by atoms with E-state index in [1.165, 1.54) is 6.92 Å². The van der Waals surface area contributed by atoms with Crippen molar-refractivity contribution in [1.82, 2.24) is 14.8 Å². The van der Waals surface area contributed by atoms with Gasteiger partial charge in [-0.1, -0.05) is 6.92 Å². The van der Waals surface area contributed by atoms with E-state index in [0.29, 0.717) is 0 Å². The fourth-order valence-corrected chi connectivity index (χ4v) is 2.05. The summed E-state index contributed by atoms with van der Waals surface area (Å²) in [7, 11) is 0. The summed E-state index contributed by atoms with van der Waals surface area (Å²) in [4.78, 5) is 15.1. The van der Waals surface area contributed by atoms with Crippen molar-refractivity contribution in [2.75, 3.05) is 6.61 Å². The Labute approximate surface area is 107 Å². The van der Waals surface area contributed by atoms with E-state index >= 15 is 0 Å². The summed E-state index contributed by atoms with van der Waals surface area (Å²) in [6, 6.07) is -1.40. The lowest BCUT2D eigenvalue weighted by atomic mass is 10.1. The Balaban J connectivity index is 2.34. The maximum Gasteiger partial charge on any atom is 0.378 e. The van der Waals surface area contributed by atoms with Crippen LogP contribution in [0.1, 0.15) is 55.3 Å². The van der Waals surface area contributed by atoms with Gasteiger partial charge < -0.3 is 4.74 Å². The third-order valence-electron chi connectivity index (χ3n) is 3.08. The molecule has 0 aromatic carbocycles. The summed E-state index contributed by atoms with van der Waals surface area (Å²) in [5, 5.41) is 3.67. The first-order valence-corrected chi connectivity index (χ1v) is 6.06. The Morgan fingerprint density at radius 3 is 2.79 bits per heavy atom. The van der Waals surface area contributed by atoms with Crippen LogP contribution in [0.2, 0.25) is 0 Å². The van der Waals surface area contributed by atoms with Gasteiger partial charge in [0.1, 0.15) is 6.04 Å². The molecule has 0 N–H and O–H groups in total. The minimum atomic E-state index is -3.09.